The van der Waals surface area contributed by atoms with Crippen LogP contribution in [0, 0.1) is 11.3 Å². The molecular weight excluding hydrogens is 274 g/mol. The first-order chi connectivity index (χ1) is 7.63. The molecule has 1 aromatic rings. The van der Waals surface area contributed by atoms with Gasteiger partial charge in [0.05, 0.1) is 29.3 Å². The lowest BCUT2D eigenvalue weighted by atomic mass is 10.1. The highest BCUT2D eigenvalue weighted by molar-refractivity contribution is 9.10. The maximum Gasteiger partial charge on any atom is 0.339 e. The van der Waals surface area contributed by atoms with Crippen LogP contribution < -0.4 is 4.74 Å². The average molecular weight is 284 g/mol. The Bertz CT molecular complexity index is 451. The molecule has 0 saturated carbocycles. The van der Waals surface area contributed by atoms with Crippen LogP contribution in [0.3, 0.4) is 0 Å². The van der Waals surface area contributed by atoms with E-state index < -0.39 is 5.97 Å². The van der Waals surface area contributed by atoms with Gasteiger partial charge in [-0.1, -0.05) is 0 Å². The maximum absolute atomic E-state index is 11.6. The highest BCUT2D eigenvalue weighted by Crippen LogP contribution is 2.28. The van der Waals surface area contributed by atoms with E-state index in [2.05, 4.69) is 15.9 Å². The summed E-state index contributed by atoms with van der Waals surface area (Å²) in [5.74, 6) is -0.0353. The van der Waals surface area contributed by atoms with E-state index in [-0.39, 0.29) is 17.7 Å². The summed E-state index contributed by atoms with van der Waals surface area (Å²) in [4.78, 5) is 11.6. The standard InChI is InChI=1S/C11H10BrNO3/c1-3-16-11(14)8-5-10(15-2)9(12)4-7(8)6-13/h4-5H,3H2,1-2H3. The Labute approximate surface area is 102 Å². The van der Waals surface area contributed by atoms with Crippen LogP contribution in [0.15, 0.2) is 16.6 Å². The van der Waals surface area contributed by atoms with Gasteiger partial charge in [0.1, 0.15) is 11.8 Å². The van der Waals surface area contributed by atoms with Crippen LogP contribution >= 0.6 is 15.9 Å². The Hall–Kier alpha value is -1.54. The summed E-state index contributed by atoms with van der Waals surface area (Å²) in [6.45, 7) is 1.97. The first-order valence-electron chi connectivity index (χ1n) is 4.58. The fourth-order valence-electron chi connectivity index (χ4n) is 1.18. The molecule has 0 aromatic heterocycles. The Morgan fingerprint density at radius 1 is 1.56 bits per heavy atom. The third kappa shape index (κ3) is 2.52. The van der Waals surface area contributed by atoms with Crippen molar-refractivity contribution in [2.45, 2.75) is 6.92 Å². The lowest BCUT2D eigenvalue weighted by molar-refractivity contribution is 0.0525. The molecule has 0 atom stereocenters. The van der Waals surface area contributed by atoms with Gasteiger partial charge in [-0.15, -0.1) is 0 Å². The van der Waals surface area contributed by atoms with Gasteiger partial charge in [-0.3, -0.25) is 0 Å². The number of halogens is 1. The smallest absolute Gasteiger partial charge is 0.339 e. The second-order valence-electron chi connectivity index (χ2n) is 2.86. The van der Waals surface area contributed by atoms with Crippen molar-refractivity contribution < 1.29 is 14.3 Å². The first-order valence-corrected chi connectivity index (χ1v) is 5.38. The summed E-state index contributed by atoms with van der Waals surface area (Å²) >= 11 is 3.24. The summed E-state index contributed by atoms with van der Waals surface area (Å²) in [6, 6.07) is 4.96. The van der Waals surface area contributed by atoms with Crippen molar-refractivity contribution >= 4 is 21.9 Å². The highest BCUT2D eigenvalue weighted by Gasteiger charge is 2.16. The van der Waals surface area contributed by atoms with E-state index in [0.717, 1.165) is 0 Å². The fraction of sp³-hybridized carbons (Fsp3) is 0.273. The van der Waals surface area contributed by atoms with E-state index in [0.29, 0.717) is 10.2 Å². The molecule has 0 amide bonds. The van der Waals surface area contributed by atoms with Gasteiger partial charge in [0, 0.05) is 0 Å². The SMILES string of the molecule is CCOC(=O)c1cc(OC)c(Br)cc1C#N. The molecule has 0 heterocycles. The van der Waals surface area contributed by atoms with Crippen LogP contribution in [0.2, 0.25) is 0 Å². The minimum absolute atomic E-state index is 0.212. The predicted octanol–water partition coefficient (Wildman–Crippen LogP) is 2.51. The summed E-state index contributed by atoms with van der Waals surface area (Å²) in [5.41, 5.74) is 0.468. The van der Waals surface area contributed by atoms with E-state index in [1.807, 2.05) is 6.07 Å². The van der Waals surface area contributed by atoms with Gasteiger partial charge in [0.2, 0.25) is 0 Å². The lowest BCUT2D eigenvalue weighted by Gasteiger charge is -2.08. The summed E-state index contributed by atoms with van der Waals surface area (Å²) in [6.07, 6.45) is 0. The van der Waals surface area contributed by atoms with Gasteiger partial charge in [-0.2, -0.15) is 5.26 Å². The van der Waals surface area contributed by atoms with Crippen LogP contribution in [-0.4, -0.2) is 19.7 Å². The van der Waals surface area contributed by atoms with Crippen molar-refractivity contribution in [1.29, 1.82) is 5.26 Å². The lowest BCUT2D eigenvalue weighted by Crippen LogP contribution is -2.07. The third-order valence-electron chi connectivity index (χ3n) is 1.91. The molecule has 4 nitrogen and oxygen atoms in total. The summed E-state index contributed by atoms with van der Waals surface area (Å²) in [7, 11) is 1.49. The number of carbonyl (C=O) groups excluding carboxylic acids is 1. The Morgan fingerprint density at radius 3 is 2.75 bits per heavy atom. The molecular formula is C11H10BrNO3. The molecule has 0 unspecified atom stereocenters. The van der Waals surface area contributed by atoms with Gasteiger partial charge in [0.25, 0.3) is 0 Å². The van der Waals surface area contributed by atoms with Gasteiger partial charge < -0.3 is 9.47 Å². The largest absolute Gasteiger partial charge is 0.496 e. The van der Waals surface area contributed by atoms with Crippen molar-refractivity contribution in [3.63, 3.8) is 0 Å². The summed E-state index contributed by atoms with van der Waals surface area (Å²) < 4.78 is 10.5. The van der Waals surface area contributed by atoms with Crippen molar-refractivity contribution in [3.05, 3.63) is 27.7 Å². The molecule has 0 aliphatic rings. The molecule has 16 heavy (non-hydrogen) atoms. The molecule has 0 saturated heterocycles. The van der Waals surface area contributed by atoms with E-state index in [4.69, 9.17) is 14.7 Å². The Kier molecular flexibility index (Phi) is 4.32. The zero-order valence-electron chi connectivity index (χ0n) is 8.91. The number of hydrogen-bond acceptors (Lipinski definition) is 4. The fourth-order valence-corrected chi connectivity index (χ4v) is 1.69. The van der Waals surface area contributed by atoms with Crippen LogP contribution in [0.4, 0.5) is 0 Å². The molecule has 0 N–H and O–H groups in total. The highest BCUT2D eigenvalue weighted by atomic mass is 79.9. The summed E-state index contributed by atoms with van der Waals surface area (Å²) in [5, 5.41) is 8.90. The molecule has 0 fully saturated rings. The average Bonchev–Trinajstić information content (AvgIpc) is 2.28. The molecule has 1 rings (SSSR count). The van der Waals surface area contributed by atoms with E-state index >= 15 is 0 Å². The molecule has 84 valence electrons. The second kappa shape index (κ2) is 5.52. The zero-order chi connectivity index (χ0) is 12.1. The van der Waals surface area contributed by atoms with Gasteiger partial charge >= 0.3 is 5.97 Å². The number of nitriles is 1. The molecule has 0 aliphatic carbocycles. The van der Waals surface area contributed by atoms with Gasteiger partial charge in [-0.05, 0) is 35.0 Å². The minimum atomic E-state index is -0.523. The van der Waals surface area contributed by atoms with Crippen LogP contribution in [0.25, 0.3) is 0 Å². The number of nitrogens with zero attached hydrogens (tertiary/aromatic N) is 1. The number of hydrogen-bond donors (Lipinski definition) is 0. The number of methoxy groups -OCH3 is 1. The monoisotopic (exact) mass is 283 g/mol. The van der Waals surface area contributed by atoms with Crippen molar-refractivity contribution in [2.75, 3.05) is 13.7 Å². The van der Waals surface area contributed by atoms with E-state index in [1.165, 1.54) is 19.2 Å². The van der Waals surface area contributed by atoms with Crippen molar-refractivity contribution in [1.82, 2.24) is 0 Å². The Morgan fingerprint density at radius 2 is 2.25 bits per heavy atom. The second-order valence-corrected chi connectivity index (χ2v) is 3.72. The molecule has 0 aliphatic heterocycles. The number of ether oxygens (including phenoxy) is 2. The maximum atomic E-state index is 11.6. The van der Waals surface area contributed by atoms with Crippen LogP contribution in [0.1, 0.15) is 22.8 Å². The van der Waals surface area contributed by atoms with E-state index in [1.54, 1.807) is 6.92 Å². The predicted molar refractivity (Wildman–Crippen MR) is 61.4 cm³/mol. The topological polar surface area (TPSA) is 59.3 Å². The molecule has 0 bridgehead atoms. The number of rotatable bonds is 3. The third-order valence-corrected chi connectivity index (χ3v) is 2.53. The first kappa shape index (κ1) is 12.5. The van der Waals surface area contributed by atoms with Crippen LogP contribution in [0.5, 0.6) is 5.75 Å². The van der Waals surface area contributed by atoms with Crippen LogP contribution in [-0.2, 0) is 4.74 Å². The van der Waals surface area contributed by atoms with Gasteiger partial charge in [-0.25, -0.2) is 4.79 Å². The Balaban J connectivity index is 3.26. The number of carbonyl (C=O) groups is 1. The molecule has 5 heteroatoms. The number of benzene rings is 1. The molecule has 1 aromatic carbocycles. The quantitative estimate of drug-likeness (QED) is 0.800. The minimum Gasteiger partial charge on any atom is -0.496 e. The number of esters is 1. The van der Waals surface area contributed by atoms with Gasteiger partial charge in [0.15, 0.2) is 0 Å². The van der Waals surface area contributed by atoms with E-state index in [9.17, 15) is 4.79 Å². The zero-order valence-corrected chi connectivity index (χ0v) is 10.5. The molecule has 0 spiro atoms. The van der Waals surface area contributed by atoms with Crippen molar-refractivity contribution in [2.24, 2.45) is 0 Å². The van der Waals surface area contributed by atoms with Crippen molar-refractivity contribution in [3.8, 4) is 11.8 Å². The normalized spacial score (nSPS) is 9.38. The molecule has 0 radical (unpaired) electrons.